The molecule has 2 rings (SSSR count). The molecular formula is C10H15F2N3O. The molecule has 16 heavy (non-hydrogen) atoms. The third-order valence-corrected chi connectivity index (χ3v) is 2.83. The highest BCUT2D eigenvalue weighted by molar-refractivity contribution is 4.91. The van der Waals surface area contributed by atoms with Gasteiger partial charge in [0.25, 0.3) is 0 Å². The van der Waals surface area contributed by atoms with E-state index in [0.29, 0.717) is 0 Å². The summed E-state index contributed by atoms with van der Waals surface area (Å²) < 4.78 is 31.3. The minimum absolute atomic E-state index is 0.0813. The second-order valence-corrected chi connectivity index (χ2v) is 4.03. The molecule has 1 saturated carbocycles. The zero-order chi connectivity index (χ0) is 11.5. The van der Waals surface area contributed by atoms with Crippen LogP contribution < -0.4 is 5.73 Å². The highest BCUT2D eigenvalue weighted by Crippen LogP contribution is 2.22. The van der Waals surface area contributed by atoms with E-state index in [2.05, 4.69) is 4.98 Å². The van der Waals surface area contributed by atoms with E-state index in [1.165, 1.54) is 12.4 Å². The molecule has 0 amide bonds. The number of hydrogen-bond donors (Lipinski definition) is 1. The lowest BCUT2D eigenvalue weighted by molar-refractivity contribution is 0.0226. The maximum atomic E-state index is 12.5. The average molecular weight is 231 g/mol. The van der Waals surface area contributed by atoms with Crippen molar-refractivity contribution >= 4 is 0 Å². The molecule has 0 aromatic carbocycles. The van der Waals surface area contributed by atoms with E-state index in [1.807, 2.05) is 0 Å². The fraction of sp³-hybridized carbons (Fsp3) is 0.700. The topological polar surface area (TPSA) is 53.1 Å². The molecule has 0 aliphatic heterocycles. The Hall–Kier alpha value is -1.01. The van der Waals surface area contributed by atoms with E-state index in [-0.39, 0.29) is 24.6 Å². The molecule has 2 unspecified atom stereocenters. The van der Waals surface area contributed by atoms with Crippen molar-refractivity contribution < 1.29 is 13.5 Å². The van der Waals surface area contributed by atoms with Crippen molar-refractivity contribution in [2.45, 2.75) is 44.6 Å². The maximum Gasteiger partial charge on any atom is 0.320 e. The van der Waals surface area contributed by atoms with Gasteiger partial charge in [-0.15, -0.1) is 0 Å². The van der Waals surface area contributed by atoms with E-state index < -0.39 is 6.55 Å². The Morgan fingerprint density at radius 2 is 2.38 bits per heavy atom. The van der Waals surface area contributed by atoms with Crippen LogP contribution >= 0.6 is 0 Å². The Kier molecular flexibility index (Phi) is 3.50. The van der Waals surface area contributed by atoms with E-state index in [0.717, 1.165) is 23.8 Å². The number of ether oxygens (including phenoxy) is 1. The lowest BCUT2D eigenvalue weighted by Crippen LogP contribution is -2.18. The predicted octanol–water partition coefficient (Wildman–Crippen LogP) is 1.67. The Labute approximate surface area is 92.4 Å². The average Bonchev–Trinajstić information content (AvgIpc) is 2.83. The van der Waals surface area contributed by atoms with Crippen molar-refractivity contribution in [2.75, 3.05) is 0 Å². The Bertz CT molecular complexity index is 343. The summed E-state index contributed by atoms with van der Waals surface area (Å²) in [6.07, 6.45) is 5.33. The molecule has 0 bridgehead atoms. The van der Waals surface area contributed by atoms with E-state index in [4.69, 9.17) is 10.5 Å². The largest absolute Gasteiger partial charge is 0.370 e. The summed E-state index contributed by atoms with van der Waals surface area (Å²) in [5.74, 6) is 0.260. The number of rotatable bonds is 4. The molecule has 6 heteroatoms. The smallest absolute Gasteiger partial charge is 0.320 e. The fourth-order valence-corrected chi connectivity index (χ4v) is 1.95. The second-order valence-electron chi connectivity index (χ2n) is 4.03. The van der Waals surface area contributed by atoms with Crippen LogP contribution in [0.15, 0.2) is 12.4 Å². The van der Waals surface area contributed by atoms with Gasteiger partial charge in [0.15, 0.2) is 0 Å². The third kappa shape index (κ3) is 2.56. The Morgan fingerprint density at radius 1 is 1.56 bits per heavy atom. The number of alkyl halides is 2. The van der Waals surface area contributed by atoms with Crippen molar-refractivity contribution in [3.63, 3.8) is 0 Å². The number of aromatic nitrogens is 2. The van der Waals surface area contributed by atoms with Gasteiger partial charge >= 0.3 is 6.55 Å². The molecule has 1 fully saturated rings. The SMILES string of the molecule is NC1CCC(OCc2nccn2C(F)F)C1. The van der Waals surface area contributed by atoms with Crippen molar-refractivity contribution in [1.29, 1.82) is 0 Å². The van der Waals surface area contributed by atoms with Gasteiger partial charge in [0.05, 0.1) is 6.10 Å². The summed E-state index contributed by atoms with van der Waals surface area (Å²) in [7, 11) is 0. The first-order valence-corrected chi connectivity index (χ1v) is 5.34. The van der Waals surface area contributed by atoms with Crippen LogP contribution in [0.2, 0.25) is 0 Å². The molecule has 2 atom stereocenters. The van der Waals surface area contributed by atoms with Crippen LogP contribution in [0.3, 0.4) is 0 Å². The van der Waals surface area contributed by atoms with Gasteiger partial charge in [0, 0.05) is 18.4 Å². The summed E-state index contributed by atoms with van der Waals surface area (Å²) in [6, 6.07) is 0.180. The minimum Gasteiger partial charge on any atom is -0.370 e. The van der Waals surface area contributed by atoms with E-state index in [9.17, 15) is 8.78 Å². The van der Waals surface area contributed by atoms with E-state index in [1.54, 1.807) is 0 Å². The first-order valence-electron chi connectivity index (χ1n) is 5.34. The zero-order valence-corrected chi connectivity index (χ0v) is 8.85. The van der Waals surface area contributed by atoms with Crippen LogP contribution in [0, 0.1) is 0 Å². The van der Waals surface area contributed by atoms with Gasteiger partial charge in [-0.3, -0.25) is 4.57 Å². The first-order chi connectivity index (χ1) is 7.66. The number of nitrogens with zero attached hydrogens (tertiary/aromatic N) is 2. The van der Waals surface area contributed by atoms with Gasteiger partial charge in [-0.05, 0) is 19.3 Å². The minimum atomic E-state index is -2.56. The summed E-state index contributed by atoms with van der Waals surface area (Å²) in [5.41, 5.74) is 5.73. The monoisotopic (exact) mass is 231 g/mol. The molecule has 0 radical (unpaired) electrons. The molecule has 1 aromatic heterocycles. The molecule has 4 nitrogen and oxygen atoms in total. The van der Waals surface area contributed by atoms with Gasteiger partial charge < -0.3 is 10.5 Å². The summed E-state index contributed by atoms with van der Waals surface area (Å²) in [5, 5.41) is 0. The lowest BCUT2D eigenvalue weighted by atomic mass is 10.3. The maximum absolute atomic E-state index is 12.5. The van der Waals surface area contributed by atoms with Crippen LogP contribution in [0.25, 0.3) is 0 Å². The molecule has 90 valence electrons. The van der Waals surface area contributed by atoms with Crippen LogP contribution in [0.4, 0.5) is 8.78 Å². The highest BCUT2D eigenvalue weighted by Gasteiger charge is 2.23. The highest BCUT2D eigenvalue weighted by atomic mass is 19.3. The standard InChI is InChI=1S/C10H15F2N3O/c11-10(12)15-4-3-14-9(15)6-16-8-2-1-7(13)5-8/h3-4,7-8,10H,1-2,5-6,13H2. The molecule has 0 saturated heterocycles. The van der Waals surface area contributed by atoms with Crippen molar-refractivity contribution in [1.82, 2.24) is 9.55 Å². The summed E-state index contributed by atoms with van der Waals surface area (Å²) in [4.78, 5) is 3.84. The number of halogens is 2. The first kappa shape index (κ1) is 11.5. The molecule has 1 aliphatic rings. The van der Waals surface area contributed by atoms with Gasteiger partial charge in [-0.2, -0.15) is 8.78 Å². The zero-order valence-electron chi connectivity index (χ0n) is 8.85. The van der Waals surface area contributed by atoms with Crippen molar-refractivity contribution in [2.24, 2.45) is 5.73 Å². The van der Waals surface area contributed by atoms with Crippen LogP contribution in [-0.4, -0.2) is 21.7 Å². The fourth-order valence-electron chi connectivity index (χ4n) is 1.95. The number of imidazole rings is 1. The van der Waals surface area contributed by atoms with Gasteiger partial charge in [-0.1, -0.05) is 0 Å². The van der Waals surface area contributed by atoms with Crippen molar-refractivity contribution in [3.8, 4) is 0 Å². The molecule has 1 aromatic rings. The predicted molar refractivity (Wildman–Crippen MR) is 53.9 cm³/mol. The van der Waals surface area contributed by atoms with Crippen LogP contribution in [0.1, 0.15) is 31.6 Å². The molecule has 1 heterocycles. The Morgan fingerprint density at radius 3 is 3.00 bits per heavy atom. The summed E-state index contributed by atoms with van der Waals surface area (Å²) >= 11 is 0. The van der Waals surface area contributed by atoms with Crippen LogP contribution in [-0.2, 0) is 11.3 Å². The summed E-state index contributed by atoms with van der Waals surface area (Å²) in [6.45, 7) is -2.44. The molecular weight excluding hydrogens is 216 g/mol. The van der Waals surface area contributed by atoms with E-state index >= 15 is 0 Å². The normalized spacial score (nSPS) is 25.5. The molecule has 1 aliphatic carbocycles. The third-order valence-electron chi connectivity index (χ3n) is 2.83. The number of hydrogen-bond acceptors (Lipinski definition) is 3. The van der Waals surface area contributed by atoms with Crippen molar-refractivity contribution in [3.05, 3.63) is 18.2 Å². The second kappa shape index (κ2) is 4.88. The quantitative estimate of drug-likeness (QED) is 0.857. The molecule has 0 spiro atoms. The Balaban J connectivity index is 1.87. The van der Waals surface area contributed by atoms with Crippen LogP contribution in [0.5, 0.6) is 0 Å². The number of nitrogens with two attached hydrogens (primary N) is 1. The molecule has 2 N–H and O–H groups in total. The van der Waals surface area contributed by atoms with Gasteiger partial charge in [0.2, 0.25) is 0 Å². The van der Waals surface area contributed by atoms with Gasteiger partial charge in [0.1, 0.15) is 12.4 Å². The van der Waals surface area contributed by atoms with Gasteiger partial charge in [-0.25, -0.2) is 4.98 Å². The lowest BCUT2D eigenvalue weighted by Gasteiger charge is -2.12.